The highest BCUT2D eigenvalue weighted by molar-refractivity contribution is 6.30. The molecule has 1 aromatic carbocycles. The molecule has 1 saturated carbocycles. The van der Waals surface area contributed by atoms with E-state index in [1.807, 2.05) is 19.1 Å². The predicted octanol–water partition coefficient (Wildman–Crippen LogP) is 3.41. The molecule has 3 rings (SSSR count). The van der Waals surface area contributed by atoms with Crippen molar-refractivity contribution in [1.82, 2.24) is 15.5 Å². The van der Waals surface area contributed by atoms with E-state index in [9.17, 15) is 14.4 Å². The quantitative estimate of drug-likeness (QED) is 0.755. The Kier molecular flexibility index (Phi) is 5.75. The summed E-state index contributed by atoms with van der Waals surface area (Å²) >= 11 is 5.91. The molecule has 1 heterocycles. The topological polar surface area (TPSA) is 78.5 Å². The van der Waals surface area contributed by atoms with Crippen molar-refractivity contribution in [3.63, 3.8) is 0 Å². The van der Waals surface area contributed by atoms with Gasteiger partial charge in [-0.15, -0.1) is 0 Å². The maximum atomic E-state index is 12.8. The minimum atomic E-state index is -0.815. The highest BCUT2D eigenvalue weighted by atomic mass is 35.5. The first kappa shape index (κ1) is 19.7. The summed E-state index contributed by atoms with van der Waals surface area (Å²) in [6, 6.07) is 6.61. The Labute approximate surface area is 164 Å². The molecular weight excluding hydrogens is 366 g/mol. The molecule has 0 bridgehead atoms. The molecule has 1 aliphatic carbocycles. The van der Waals surface area contributed by atoms with Crippen molar-refractivity contribution in [3.05, 3.63) is 34.9 Å². The molecule has 0 radical (unpaired) electrons. The molecule has 0 aromatic heterocycles. The molecule has 7 heteroatoms. The molecule has 1 unspecified atom stereocenters. The van der Waals surface area contributed by atoms with E-state index in [-0.39, 0.29) is 24.4 Å². The third kappa shape index (κ3) is 4.10. The fourth-order valence-electron chi connectivity index (χ4n) is 3.91. The molecule has 1 atom stereocenters. The van der Waals surface area contributed by atoms with Crippen molar-refractivity contribution < 1.29 is 14.4 Å². The molecule has 2 fully saturated rings. The smallest absolute Gasteiger partial charge is 0.325 e. The van der Waals surface area contributed by atoms with Crippen LogP contribution in [0.4, 0.5) is 4.79 Å². The van der Waals surface area contributed by atoms with E-state index in [1.165, 1.54) is 0 Å². The zero-order chi connectivity index (χ0) is 19.6. The van der Waals surface area contributed by atoms with Crippen LogP contribution in [0, 0.1) is 5.92 Å². The third-order valence-electron chi connectivity index (χ3n) is 5.69. The summed E-state index contributed by atoms with van der Waals surface area (Å²) in [4.78, 5) is 38.8. The summed E-state index contributed by atoms with van der Waals surface area (Å²) < 4.78 is 0. The van der Waals surface area contributed by atoms with Crippen molar-refractivity contribution in [1.29, 1.82) is 0 Å². The number of nitrogens with zero attached hydrogens (tertiary/aromatic N) is 1. The molecule has 4 amide bonds. The first-order chi connectivity index (χ1) is 12.8. The van der Waals surface area contributed by atoms with Crippen LogP contribution >= 0.6 is 11.6 Å². The molecule has 1 aromatic rings. The Bertz CT molecular complexity index is 726. The fraction of sp³-hybridized carbons (Fsp3) is 0.550. The monoisotopic (exact) mass is 391 g/mol. The van der Waals surface area contributed by atoms with Crippen LogP contribution in [-0.4, -0.2) is 34.8 Å². The fourth-order valence-corrected chi connectivity index (χ4v) is 4.04. The number of amides is 4. The number of hydrogen-bond acceptors (Lipinski definition) is 3. The predicted molar refractivity (Wildman–Crippen MR) is 103 cm³/mol. The van der Waals surface area contributed by atoms with Gasteiger partial charge in [0.15, 0.2) is 0 Å². The average molecular weight is 392 g/mol. The Morgan fingerprint density at radius 1 is 1.30 bits per heavy atom. The van der Waals surface area contributed by atoms with Crippen molar-refractivity contribution in [3.8, 4) is 0 Å². The van der Waals surface area contributed by atoms with Crippen molar-refractivity contribution in [2.24, 2.45) is 5.92 Å². The summed E-state index contributed by atoms with van der Waals surface area (Å²) in [5.74, 6) is -0.0574. The van der Waals surface area contributed by atoms with Gasteiger partial charge in [0.25, 0.3) is 5.91 Å². The number of imide groups is 1. The average Bonchev–Trinajstić information content (AvgIpc) is 2.87. The van der Waals surface area contributed by atoms with Gasteiger partial charge in [0, 0.05) is 5.02 Å². The van der Waals surface area contributed by atoms with Crippen LogP contribution in [-0.2, 0) is 9.59 Å². The number of hydrogen-bond donors (Lipinski definition) is 2. The van der Waals surface area contributed by atoms with Gasteiger partial charge in [0.05, 0.1) is 6.04 Å². The first-order valence-electron chi connectivity index (χ1n) is 9.53. The molecule has 1 spiro atoms. The molecule has 1 aliphatic heterocycles. The Morgan fingerprint density at radius 3 is 2.52 bits per heavy atom. The van der Waals surface area contributed by atoms with Gasteiger partial charge < -0.3 is 10.6 Å². The molecular formula is C20H26ClN3O3. The standard InChI is InChI=1S/C20H26ClN3O3/c1-3-16(14-4-6-15(21)7-5-14)22-17(25)12-24-18(26)20(23-19(24)27)10-8-13(2)9-11-20/h4-7,13,16H,3,8-12H2,1-2H3,(H,22,25)(H,23,27). The van der Waals surface area contributed by atoms with Crippen molar-refractivity contribution in [2.75, 3.05) is 6.54 Å². The van der Waals surface area contributed by atoms with E-state index in [0.29, 0.717) is 30.2 Å². The van der Waals surface area contributed by atoms with Crippen molar-refractivity contribution in [2.45, 2.75) is 57.5 Å². The van der Waals surface area contributed by atoms with Crippen LogP contribution in [0.15, 0.2) is 24.3 Å². The number of benzene rings is 1. The van der Waals surface area contributed by atoms with Crippen LogP contribution < -0.4 is 10.6 Å². The van der Waals surface area contributed by atoms with Gasteiger partial charge in [0.1, 0.15) is 12.1 Å². The zero-order valence-electron chi connectivity index (χ0n) is 15.8. The summed E-state index contributed by atoms with van der Waals surface area (Å²) in [6.07, 6.45) is 3.77. The van der Waals surface area contributed by atoms with E-state index in [2.05, 4.69) is 17.6 Å². The molecule has 6 nitrogen and oxygen atoms in total. The lowest BCUT2D eigenvalue weighted by atomic mass is 9.77. The summed E-state index contributed by atoms with van der Waals surface area (Å²) in [5.41, 5.74) is 0.120. The number of carbonyl (C=O) groups excluding carboxylic acids is 3. The summed E-state index contributed by atoms with van der Waals surface area (Å²) in [6.45, 7) is 3.86. The molecule has 27 heavy (non-hydrogen) atoms. The maximum absolute atomic E-state index is 12.8. The van der Waals surface area contributed by atoms with Gasteiger partial charge in [-0.05, 0) is 55.7 Å². The zero-order valence-corrected chi connectivity index (χ0v) is 16.5. The van der Waals surface area contributed by atoms with E-state index in [0.717, 1.165) is 23.3 Å². The summed E-state index contributed by atoms with van der Waals surface area (Å²) in [5, 5.41) is 6.39. The number of nitrogens with one attached hydrogen (secondary N) is 2. The second-order valence-electron chi connectivity index (χ2n) is 7.67. The lowest BCUT2D eigenvalue weighted by Crippen LogP contribution is -2.50. The number of halogens is 1. The Hall–Kier alpha value is -2.08. The van der Waals surface area contributed by atoms with Gasteiger partial charge in [0.2, 0.25) is 5.91 Å². The highest BCUT2D eigenvalue weighted by Crippen LogP contribution is 2.36. The number of urea groups is 1. The number of rotatable bonds is 5. The van der Waals surface area contributed by atoms with E-state index >= 15 is 0 Å². The van der Waals surface area contributed by atoms with Crippen LogP contribution in [0.25, 0.3) is 0 Å². The normalized spacial score (nSPS) is 26.2. The molecule has 146 valence electrons. The molecule has 2 N–H and O–H groups in total. The Morgan fingerprint density at radius 2 is 1.93 bits per heavy atom. The highest BCUT2D eigenvalue weighted by Gasteiger charge is 2.52. The minimum absolute atomic E-state index is 0.194. The van der Waals surface area contributed by atoms with Crippen LogP contribution in [0.2, 0.25) is 5.02 Å². The van der Waals surface area contributed by atoms with Gasteiger partial charge >= 0.3 is 6.03 Å². The third-order valence-corrected chi connectivity index (χ3v) is 5.94. The Balaban J connectivity index is 1.64. The molecule has 1 saturated heterocycles. The first-order valence-corrected chi connectivity index (χ1v) is 9.91. The van der Waals surface area contributed by atoms with Gasteiger partial charge in [-0.2, -0.15) is 0 Å². The number of carbonyl (C=O) groups is 3. The van der Waals surface area contributed by atoms with Crippen LogP contribution in [0.1, 0.15) is 57.6 Å². The van der Waals surface area contributed by atoms with Crippen LogP contribution in [0.3, 0.4) is 0 Å². The lowest BCUT2D eigenvalue weighted by molar-refractivity contribution is -0.136. The maximum Gasteiger partial charge on any atom is 0.325 e. The van der Waals surface area contributed by atoms with Crippen LogP contribution in [0.5, 0.6) is 0 Å². The largest absolute Gasteiger partial charge is 0.348 e. The van der Waals surface area contributed by atoms with E-state index in [1.54, 1.807) is 12.1 Å². The van der Waals surface area contributed by atoms with Gasteiger partial charge in [-0.25, -0.2) is 4.79 Å². The minimum Gasteiger partial charge on any atom is -0.348 e. The SMILES string of the molecule is CCC(NC(=O)CN1C(=O)NC2(CCC(C)CC2)C1=O)c1ccc(Cl)cc1. The van der Waals surface area contributed by atoms with Gasteiger partial charge in [-0.1, -0.05) is 37.6 Å². The van der Waals surface area contributed by atoms with E-state index in [4.69, 9.17) is 11.6 Å². The van der Waals surface area contributed by atoms with Crippen molar-refractivity contribution >= 4 is 29.4 Å². The summed E-state index contributed by atoms with van der Waals surface area (Å²) in [7, 11) is 0. The van der Waals surface area contributed by atoms with Gasteiger partial charge in [-0.3, -0.25) is 14.5 Å². The second kappa shape index (κ2) is 7.89. The second-order valence-corrected chi connectivity index (χ2v) is 8.10. The van der Waals surface area contributed by atoms with E-state index < -0.39 is 11.6 Å². The molecule has 2 aliphatic rings. The lowest BCUT2D eigenvalue weighted by Gasteiger charge is -2.33.